The highest BCUT2D eigenvalue weighted by Gasteiger charge is 2.11. The smallest absolute Gasteiger partial charge is 0.210 e. The lowest BCUT2D eigenvalue weighted by molar-refractivity contribution is 0.496. The molecule has 0 radical (unpaired) electrons. The predicted molar refractivity (Wildman–Crippen MR) is 59.8 cm³/mol. The maximum Gasteiger partial charge on any atom is 0.210 e. The van der Waals surface area contributed by atoms with Crippen molar-refractivity contribution in [3.05, 3.63) is 29.6 Å². The van der Waals surface area contributed by atoms with Crippen LogP contribution >= 0.6 is 0 Å². The Bertz CT molecular complexity index is 432. The second-order valence-corrected chi connectivity index (χ2v) is 3.59. The number of benzene rings is 1. The Morgan fingerprint density at radius 1 is 1.18 bits per heavy atom. The topological polar surface area (TPSA) is 62.4 Å². The molecule has 0 aliphatic carbocycles. The molecule has 1 rings (SSSR count). The van der Waals surface area contributed by atoms with Gasteiger partial charge in [0.1, 0.15) is 5.82 Å². The average molecular weight is 246 g/mol. The highest BCUT2D eigenvalue weighted by Crippen LogP contribution is 2.18. The number of aliphatic imine (C=N–C) groups is 1. The molecule has 1 aromatic carbocycles. The molecule has 0 aliphatic heterocycles. The molecular formula is C10H13F3N4. The highest BCUT2D eigenvalue weighted by molar-refractivity contribution is 5.93. The zero-order chi connectivity index (χ0) is 13.0. The quantitative estimate of drug-likeness (QED) is 0.245. The summed E-state index contributed by atoms with van der Waals surface area (Å²) in [6.07, 6.45) is 0. The first kappa shape index (κ1) is 13.3. The van der Waals surface area contributed by atoms with Gasteiger partial charge in [0.15, 0.2) is 11.6 Å². The predicted octanol–water partition coefficient (Wildman–Crippen LogP) is 1.74. The van der Waals surface area contributed by atoms with E-state index in [0.29, 0.717) is 12.1 Å². The van der Waals surface area contributed by atoms with Crippen LogP contribution < -0.4 is 16.6 Å². The number of guanidine groups is 1. The maximum absolute atomic E-state index is 13.3. The molecule has 17 heavy (non-hydrogen) atoms. The number of hydrogen-bond acceptors (Lipinski definition) is 2. The number of hydrazine groups is 1. The van der Waals surface area contributed by atoms with E-state index in [4.69, 9.17) is 5.84 Å². The van der Waals surface area contributed by atoms with Gasteiger partial charge in [-0.2, -0.15) is 0 Å². The molecule has 1 aromatic rings. The largest absolute Gasteiger partial charge is 0.323 e. The summed E-state index contributed by atoms with van der Waals surface area (Å²) in [6.45, 7) is 3.56. The first-order valence-electron chi connectivity index (χ1n) is 4.90. The average Bonchev–Trinajstić information content (AvgIpc) is 2.24. The molecule has 94 valence electrons. The molecule has 0 bridgehead atoms. The minimum Gasteiger partial charge on any atom is -0.323 e. The fourth-order valence-corrected chi connectivity index (χ4v) is 1.11. The second-order valence-electron chi connectivity index (χ2n) is 3.59. The molecule has 0 fully saturated rings. The molecular weight excluding hydrogens is 233 g/mol. The fourth-order valence-electron chi connectivity index (χ4n) is 1.11. The maximum atomic E-state index is 13.3. The van der Waals surface area contributed by atoms with Gasteiger partial charge in [-0.05, 0) is 13.8 Å². The first-order valence-corrected chi connectivity index (χ1v) is 4.90. The van der Waals surface area contributed by atoms with E-state index in [-0.39, 0.29) is 17.7 Å². The van der Waals surface area contributed by atoms with Crippen LogP contribution in [0.15, 0.2) is 17.1 Å². The van der Waals surface area contributed by atoms with E-state index in [2.05, 4.69) is 15.7 Å². The van der Waals surface area contributed by atoms with Gasteiger partial charge in [0, 0.05) is 18.2 Å². The van der Waals surface area contributed by atoms with E-state index < -0.39 is 17.5 Å². The van der Waals surface area contributed by atoms with Crippen molar-refractivity contribution in [3.63, 3.8) is 0 Å². The van der Waals surface area contributed by atoms with Gasteiger partial charge in [0.25, 0.3) is 0 Å². The van der Waals surface area contributed by atoms with Crippen LogP contribution in [-0.2, 0) is 0 Å². The number of anilines is 1. The number of nitrogens with zero attached hydrogens (tertiary/aromatic N) is 1. The Kier molecular flexibility index (Phi) is 4.33. The third-order valence-electron chi connectivity index (χ3n) is 1.79. The number of nitrogens with one attached hydrogen (secondary N) is 2. The Labute approximate surface area is 96.7 Å². The van der Waals surface area contributed by atoms with Crippen molar-refractivity contribution in [2.75, 3.05) is 5.32 Å². The Balaban J connectivity index is 2.98. The first-order chi connectivity index (χ1) is 7.93. The van der Waals surface area contributed by atoms with E-state index in [1.807, 2.05) is 0 Å². The third-order valence-corrected chi connectivity index (χ3v) is 1.79. The molecule has 4 N–H and O–H groups in total. The monoisotopic (exact) mass is 246 g/mol. The molecule has 0 aromatic heterocycles. The second kappa shape index (κ2) is 5.53. The van der Waals surface area contributed by atoms with Gasteiger partial charge < -0.3 is 5.32 Å². The molecule has 0 heterocycles. The van der Waals surface area contributed by atoms with E-state index in [1.165, 1.54) is 0 Å². The summed E-state index contributed by atoms with van der Waals surface area (Å²) >= 11 is 0. The minimum absolute atomic E-state index is 0.0601. The number of hydrogen-bond donors (Lipinski definition) is 3. The van der Waals surface area contributed by atoms with Gasteiger partial charge in [-0.15, -0.1) is 0 Å². The Hall–Kier alpha value is -1.76. The SMILES string of the molecule is CC(C)N=C(NN)Nc1cc(F)c(F)cc1F. The van der Waals surface area contributed by atoms with Gasteiger partial charge in [0.2, 0.25) is 5.96 Å². The van der Waals surface area contributed by atoms with Crippen LogP contribution in [0.25, 0.3) is 0 Å². The van der Waals surface area contributed by atoms with Crippen LogP contribution in [0.4, 0.5) is 18.9 Å². The van der Waals surface area contributed by atoms with Crippen molar-refractivity contribution >= 4 is 11.6 Å². The van der Waals surface area contributed by atoms with Crippen LogP contribution in [0.2, 0.25) is 0 Å². The summed E-state index contributed by atoms with van der Waals surface area (Å²) in [5.74, 6) is 1.87. The zero-order valence-electron chi connectivity index (χ0n) is 9.39. The van der Waals surface area contributed by atoms with Crippen LogP contribution in [0.5, 0.6) is 0 Å². The van der Waals surface area contributed by atoms with Crippen molar-refractivity contribution in [1.82, 2.24) is 5.43 Å². The lowest BCUT2D eigenvalue weighted by Crippen LogP contribution is -2.37. The highest BCUT2D eigenvalue weighted by atomic mass is 19.2. The Morgan fingerprint density at radius 2 is 1.76 bits per heavy atom. The number of nitrogens with two attached hydrogens (primary N) is 1. The van der Waals surface area contributed by atoms with Crippen LogP contribution in [0.1, 0.15) is 13.8 Å². The fraction of sp³-hybridized carbons (Fsp3) is 0.300. The van der Waals surface area contributed by atoms with E-state index >= 15 is 0 Å². The van der Waals surface area contributed by atoms with Gasteiger partial charge in [-0.3, -0.25) is 5.43 Å². The molecule has 0 spiro atoms. The standard InChI is InChI=1S/C10H13F3N4/c1-5(2)15-10(17-14)16-9-4-7(12)6(11)3-8(9)13/h3-5H,14H2,1-2H3,(H2,15,16,17). The molecule has 7 heteroatoms. The summed E-state index contributed by atoms with van der Waals surface area (Å²) in [4.78, 5) is 3.97. The molecule has 0 atom stereocenters. The molecule has 0 saturated heterocycles. The molecule has 0 amide bonds. The van der Waals surface area contributed by atoms with E-state index in [0.717, 1.165) is 0 Å². The Morgan fingerprint density at radius 3 is 2.29 bits per heavy atom. The van der Waals surface area contributed by atoms with Gasteiger partial charge in [0.05, 0.1) is 5.69 Å². The van der Waals surface area contributed by atoms with Gasteiger partial charge in [-0.25, -0.2) is 24.0 Å². The number of rotatable bonds is 2. The molecule has 0 aliphatic rings. The van der Waals surface area contributed by atoms with Gasteiger partial charge in [-0.1, -0.05) is 0 Å². The molecule has 4 nitrogen and oxygen atoms in total. The van der Waals surface area contributed by atoms with Crippen molar-refractivity contribution < 1.29 is 13.2 Å². The van der Waals surface area contributed by atoms with Crippen LogP contribution in [0.3, 0.4) is 0 Å². The summed E-state index contributed by atoms with van der Waals surface area (Å²) in [6, 6.07) is 1.04. The minimum atomic E-state index is -1.25. The van der Waals surface area contributed by atoms with E-state index in [9.17, 15) is 13.2 Å². The van der Waals surface area contributed by atoms with E-state index in [1.54, 1.807) is 13.8 Å². The van der Waals surface area contributed by atoms with Crippen molar-refractivity contribution in [2.45, 2.75) is 19.9 Å². The summed E-state index contributed by atoms with van der Waals surface area (Å²) in [5.41, 5.74) is 1.95. The summed E-state index contributed by atoms with van der Waals surface area (Å²) in [5, 5.41) is 2.43. The zero-order valence-corrected chi connectivity index (χ0v) is 9.39. The number of halogens is 3. The summed E-state index contributed by atoms with van der Waals surface area (Å²) in [7, 11) is 0. The third kappa shape index (κ3) is 3.63. The van der Waals surface area contributed by atoms with Crippen LogP contribution in [0, 0.1) is 17.5 Å². The molecule has 0 saturated carbocycles. The lowest BCUT2D eigenvalue weighted by Gasteiger charge is -2.11. The van der Waals surface area contributed by atoms with Gasteiger partial charge >= 0.3 is 0 Å². The lowest BCUT2D eigenvalue weighted by atomic mass is 10.3. The molecule has 0 unspecified atom stereocenters. The summed E-state index contributed by atoms with van der Waals surface area (Å²) < 4.78 is 38.9. The van der Waals surface area contributed by atoms with Crippen LogP contribution in [-0.4, -0.2) is 12.0 Å². The van der Waals surface area contributed by atoms with Crippen molar-refractivity contribution in [3.8, 4) is 0 Å². The van der Waals surface area contributed by atoms with Crippen molar-refractivity contribution in [1.29, 1.82) is 0 Å². The van der Waals surface area contributed by atoms with Crippen molar-refractivity contribution in [2.24, 2.45) is 10.8 Å². The normalized spacial score (nSPS) is 11.8.